The van der Waals surface area contributed by atoms with Crippen molar-refractivity contribution >= 4 is 17.5 Å². The summed E-state index contributed by atoms with van der Waals surface area (Å²) in [5.74, 6) is 0.269. The summed E-state index contributed by atoms with van der Waals surface area (Å²) in [6.07, 6.45) is 12.5. The number of hydrogen-bond acceptors (Lipinski definition) is 2. The normalized spacial score (nSPS) is 19.3. The lowest BCUT2D eigenvalue weighted by molar-refractivity contribution is -0.120. The lowest BCUT2D eigenvalue weighted by atomic mass is 9.91. The molecule has 1 aromatic rings. The Hall–Kier alpha value is -2.62. The van der Waals surface area contributed by atoms with Gasteiger partial charge < -0.3 is 10.6 Å². The van der Waals surface area contributed by atoms with Gasteiger partial charge in [-0.25, -0.2) is 0 Å². The summed E-state index contributed by atoms with van der Waals surface area (Å²) in [6, 6.07) is 7.99. The molecule has 1 fully saturated rings. The molecule has 3 aliphatic rings. The van der Waals surface area contributed by atoms with Crippen molar-refractivity contribution < 1.29 is 12.4 Å². The average molecular weight is 385 g/mol. The molecule has 0 spiro atoms. The first-order valence-corrected chi connectivity index (χ1v) is 10.2. The molecule has 1 aromatic carbocycles. The smallest absolute Gasteiger partial charge is 0.224 e. The predicted molar refractivity (Wildman–Crippen MR) is 120 cm³/mol. The Bertz CT molecular complexity index is 811. The molecule has 0 radical (unpaired) electrons. The lowest BCUT2D eigenvalue weighted by Crippen LogP contribution is -2.29. The number of carbonyl (C=O) groups excluding carboxylic acids is 2. The Morgan fingerprint density at radius 1 is 0.929 bits per heavy atom. The van der Waals surface area contributed by atoms with Crippen molar-refractivity contribution in [1.29, 1.82) is 0 Å². The number of nitrogens with one attached hydrogen (secondary N) is 2. The van der Waals surface area contributed by atoms with Gasteiger partial charge in [0.15, 0.2) is 0 Å². The fraction of sp³-hybridized carbons (Fsp3) is 0.417. The van der Waals surface area contributed by atoms with Gasteiger partial charge in [-0.2, -0.15) is 0 Å². The number of aryl methyl sites for hydroxylation is 1. The molecular formula is C24H36N2O2. The highest BCUT2D eigenvalue weighted by atomic mass is 16.2. The molecule has 2 aliphatic heterocycles. The van der Waals surface area contributed by atoms with Crippen molar-refractivity contribution in [2.45, 2.75) is 59.8 Å². The number of hydrogen-bond donors (Lipinski definition) is 2. The fourth-order valence-electron chi connectivity index (χ4n) is 3.32. The number of fused-ring (bicyclic) bond motifs is 2. The van der Waals surface area contributed by atoms with E-state index in [1.54, 1.807) is 0 Å². The molecule has 2 amide bonds. The van der Waals surface area contributed by atoms with E-state index in [9.17, 15) is 9.59 Å². The van der Waals surface area contributed by atoms with Gasteiger partial charge in [0.25, 0.3) is 0 Å². The Kier molecular flexibility index (Phi) is 7.80. The summed E-state index contributed by atoms with van der Waals surface area (Å²) < 4.78 is 0. The van der Waals surface area contributed by atoms with Crippen LogP contribution in [0.5, 0.6) is 0 Å². The maximum Gasteiger partial charge on any atom is 0.224 e. The third kappa shape index (κ3) is 6.22. The minimum Gasteiger partial charge on any atom is -0.326 e. The SMILES string of the molecule is CC.CC1(C)C=CC=C2CCC(=O)NC2=C1.O=C1CCCc2ccccc2N1.[HH].[HH]. The molecular weight excluding hydrogens is 348 g/mol. The van der Waals surface area contributed by atoms with Crippen LogP contribution in [-0.4, -0.2) is 11.8 Å². The average Bonchev–Trinajstić information content (AvgIpc) is 2.94. The number of carbonyl (C=O) groups is 2. The number of piperidine rings is 1. The highest BCUT2D eigenvalue weighted by Gasteiger charge is 2.21. The number of anilines is 1. The van der Waals surface area contributed by atoms with Gasteiger partial charge in [0, 0.05) is 32.5 Å². The standard InChI is InChI=1S/C12H15NO.C10H11NO.C2H6.2H2/c1-12(2)7-3-4-9-5-6-11(14)13-10(9)8-12;12-10-7-3-5-8-4-1-2-6-9(8)11-10;1-2;;/h3-4,7-8H,5-6H2,1-2H3,(H,13,14);1-2,4,6H,3,5,7H2,(H,11,12);1-2H3;2*1H. The number of benzene rings is 1. The van der Waals surface area contributed by atoms with Crippen molar-refractivity contribution in [3.8, 4) is 0 Å². The molecule has 4 rings (SSSR count). The molecule has 2 heterocycles. The molecule has 0 unspecified atom stereocenters. The lowest BCUT2D eigenvalue weighted by Gasteiger charge is -2.21. The van der Waals surface area contributed by atoms with E-state index in [2.05, 4.69) is 54.9 Å². The van der Waals surface area contributed by atoms with Crippen LogP contribution in [0.3, 0.4) is 0 Å². The zero-order valence-corrected chi connectivity index (χ0v) is 17.5. The van der Waals surface area contributed by atoms with Crippen molar-refractivity contribution in [2.75, 3.05) is 5.32 Å². The van der Waals surface area contributed by atoms with Crippen LogP contribution in [0.15, 0.2) is 59.8 Å². The van der Waals surface area contributed by atoms with E-state index >= 15 is 0 Å². The molecule has 2 N–H and O–H groups in total. The molecule has 0 atom stereocenters. The first kappa shape index (κ1) is 21.7. The second-order valence-electron chi connectivity index (χ2n) is 7.54. The van der Waals surface area contributed by atoms with Gasteiger partial charge in [0.05, 0.1) is 0 Å². The fourth-order valence-corrected chi connectivity index (χ4v) is 3.32. The highest BCUT2D eigenvalue weighted by molar-refractivity contribution is 5.92. The zero-order chi connectivity index (χ0) is 20.6. The highest BCUT2D eigenvalue weighted by Crippen LogP contribution is 2.29. The van der Waals surface area contributed by atoms with Crippen molar-refractivity contribution in [1.82, 2.24) is 5.32 Å². The third-order valence-electron chi connectivity index (χ3n) is 4.72. The molecule has 0 bridgehead atoms. The summed E-state index contributed by atoms with van der Waals surface area (Å²) in [7, 11) is 0. The minimum absolute atomic E-state index is 0. The van der Waals surface area contributed by atoms with Crippen LogP contribution < -0.4 is 10.6 Å². The predicted octanol–water partition coefficient (Wildman–Crippen LogP) is 5.78. The second-order valence-corrected chi connectivity index (χ2v) is 7.54. The molecule has 4 heteroatoms. The summed E-state index contributed by atoms with van der Waals surface area (Å²) in [6.45, 7) is 8.27. The van der Waals surface area contributed by atoms with Gasteiger partial charge in [-0.3, -0.25) is 9.59 Å². The van der Waals surface area contributed by atoms with E-state index in [4.69, 9.17) is 0 Å². The second kappa shape index (κ2) is 10.1. The quantitative estimate of drug-likeness (QED) is 0.595. The van der Waals surface area contributed by atoms with E-state index in [0.717, 1.165) is 30.6 Å². The Morgan fingerprint density at radius 2 is 1.64 bits per heavy atom. The number of para-hydroxylation sites is 1. The van der Waals surface area contributed by atoms with Crippen molar-refractivity contribution in [3.05, 3.63) is 65.4 Å². The zero-order valence-electron chi connectivity index (χ0n) is 17.5. The van der Waals surface area contributed by atoms with Crippen molar-refractivity contribution in [2.24, 2.45) is 5.41 Å². The molecule has 0 aromatic heterocycles. The van der Waals surface area contributed by atoms with E-state index in [0.29, 0.717) is 12.8 Å². The third-order valence-corrected chi connectivity index (χ3v) is 4.72. The van der Waals surface area contributed by atoms with E-state index in [-0.39, 0.29) is 20.1 Å². The first-order valence-electron chi connectivity index (χ1n) is 10.2. The Balaban J connectivity index is 0.000000492. The molecule has 154 valence electrons. The molecule has 28 heavy (non-hydrogen) atoms. The Morgan fingerprint density at radius 3 is 2.43 bits per heavy atom. The maximum absolute atomic E-state index is 11.2. The van der Waals surface area contributed by atoms with Gasteiger partial charge >= 0.3 is 0 Å². The summed E-state index contributed by atoms with van der Waals surface area (Å²) in [5, 5.41) is 5.81. The number of allylic oxidation sites excluding steroid dienone is 5. The van der Waals surface area contributed by atoms with Gasteiger partial charge in [-0.15, -0.1) is 0 Å². The largest absolute Gasteiger partial charge is 0.326 e. The molecule has 1 saturated heterocycles. The van der Waals surface area contributed by atoms with Gasteiger partial charge in [-0.1, -0.05) is 70.2 Å². The van der Waals surface area contributed by atoms with Crippen LogP contribution in [0.2, 0.25) is 0 Å². The molecule has 0 saturated carbocycles. The minimum atomic E-state index is 0. The summed E-state index contributed by atoms with van der Waals surface area (Å²) in [4.78, 5) is 22.4. The van der Waals surface area contributed by atoms with Crippen LogP contribution in [0.1, 0.15) is 61.8 Å². The number of amides is 2. The summed E-state index contributed by atoms with van der Waals surface area (Å²) in [5.41, 5.74) is 4.50. The van der Waals surface area contributed by atoms with Gasteiger partial charge in [-0.05, 0) is 36.5 Å². The summed E-state index contributed by atoms with van der Waals surface area (Å²) >= 11 is 0. The van der Waals surface area contributed by atoms with Crippen LogP contribution in [0.4, 0.5) is 5.69 Å². The van der Waals surface area contributed by atoms with E-state index in [1.807, 2.05) is 32.0 Å². The maximum atomic E-state index is 11.2. The molecule has 4 nitrogen and oxygen atoms in total. The van der Waals surface area contributed by atoms with Crippen LogP contribution in [0, 0.1) is 5.41 Å². The van der Waals surface area contributed by atoms with E-state index in [1.165, 1.54) is 11.1 Å². The first-order chi connectivity index (χ1) is 13.4. The van der Waals surface area contributed by atoms with E-state index < -0.39 is 0 Å². The monoisotopic (exact) mass is 384 g/mol. The topological polar surface area (TPSA) is 58.2 Å². The van der Waals surface area contributed by atoms with Crippen molar-refractivity contribution in [3.63, 3.8) is 0 Å². The van der Waals surface area contributed by atoms with Gasteiger partial charge in [0.1, 0.15) is 0 Å². The van der Waals surface area contributed by atoms with Crippen LogP contribution in [0.25, 0.3) is 0 Å². The van der Waals surface area contributed by atoms with Crippen LogP contribution >= 0.6 is 0 Å². The van der Waals surface area contributed by atoms with Gasteiger partial charge in [0.2, 0.25) is 11.8 Å². The van der Waals surface area contributed by atoms with Crippen LogP contribution in [-0.2, 0) is 16.0 Å². The number of rotatable bonds is 0. The Labute approximate surface area is 171 Å². The molecule has 1 aliphatic carbocycles.